The Morgan fingerprint density at radius 3 is 2.48 bits per heavy atom. The van der Waals surface area contributed by atoms with Gasteiger partial charge in [0, 0.05) is 25.7 Å². The van der Waals surface area contributed by atoms with E-state index in [4.69, 9.17) is 0 Å². The molecule has 2 nitrogen and oxygen atoms in total. The average Bonchev–Trinajstić information content (AvgIpc) is 2.74. The minimum Gasteiger partial charge on any atom is -0.314 e. The molecule has 0 aromatic heterocycles. The number of likely N-dealkylation sites (tertiary alicyclic amines) is 1. The highest BCUT2D eigenvalue weighted by molar-refractivity contribution is 4.89. The van der Waals surface area contributed by atoms with E-state index in [1.165, 1.54) is 84.0 Å². The first-order chi connectivity index (χ1) is 10.1. The maximum Gasteiger partial charge on any atom is 0.00503 e. The van der Waals surface area contributed by atoms with E-state index in [-0.39, 0.29) is 0 Å². The van der Waals surface area contributed by atoms with Crippen molar-refractivity contribution in [2.45, 2.75) is 84.6 Å². The summed E-state index contributed by atoms with van der Waals surface area (Å²) >= 11 is 0. The van der Waals surface area contributed by atoms with Crippen LogP contribution in [0.5, 0.6) is 0 Å². The highest BCUT2D eigenvalue weighted by atomic mass is 15.2. The molecule has 124 valence electrons. The van der Waals surface area contributed by atoms with Crippen LogP contribution < -0.4 is 5.32 Å². The Morgan fingerprint density at radius 2 is 1.86 bits per heavy atom. The van der Waals surface area contributed by atoms with Crippen molar-refractivity contribution in [3.05, 3.63) is 0 Å². The second kappa shape index (κ2) is 8.53. The summed E-state index contributed by atoms with van der Waals surface area (Å²) in [5, 5.41) is 3.77. The first-order valence-corrected chi connectivity index (χ1v) is 9.59. The second-order valence-corrected chi connectivity index (χ2v) is 8.13. The first-order valence-electron chi connectivity index (χ1n) is 9.59. The van der Waals surface area contributed by atoms with E-state index in [0.29, 0.717) is 11.5 Å². The van der Waals surface area contributed by atoms with Gasteiger partial charge in [0.15, 0.2) is 0 Å². The van der Waals surface area contributed by atoms with Crippen molar-refractivity contribution < 1.29 is 0 Å². The van der Waals surface area contributed by atoms with E-state index in [2.05, 4.69) is 31.0 Å². The molecule has 1 aliphatic carbocycles. The van der Waals surface area contributed by atoms with Crippen molar-refractivity contribution in [3.8, 4) is 0 Å². The van der Waals surface area contributed by atoms with Crippen LogP contribution in [0.1, 0.15) is 78.6 Å². The predicted octanol–water partition coefficient (Wildman–Crippen LogP) is 4.45. The van der Waals surface area contributed by atoms with E-state index in [1.54, 1.807) is 0 Å². The molecule has 0 aromatic rings. The van der Waals surface area contributed by atoms with E-state index < -0.39 is 0 Å². The molecule has 1 saturated heterocycles. The molecule has 2 heteroatoms. The molecule has 2 fully saturated rings. The Balaban J connectivity index is 1.91. The number of rotatable bonds is 7. The zero-order valence-corrected chi connectivity index (χ0v) is 14.8. The summed E-state index contributed by atoms with van der Waals surface area (Å²) in [7, 11) is 0. The molecule has 0 spiro atoms. The first kappa shape index (κ1) is 17.3. The SMILES string of the molecule is CCCC1CCN(CC2(CNC(C)C)CCCCCC2)C1. The lowest BCUT2D eigenvalue weighted by Crippen LogP contribution is -2.45. The summed E-state index contributed by atoms with van der Waals surface area (Å²) in [6, 6.07) is 0.622. The fourth-order valence-corrected chi connectivity index (χ4v) is 4.46. The molecule has 0 bridgehead atoms. The molecule has 1 atom stereocenters. The minimum absolute atomic E-state index is 0.557. The van der Waals surface area contributed by atoms with Crippen LogP contribution in [0.25, 0.3) is 0 Å². The van der Waals surface area contributed by atoms with Crippen molar-refractivity contribution in [1.29, 1.82) is 0 Å². The van der Waals surface area contributed by atoms with Crippen LogP contribution in [-0.2, 0) is 0 Å². The Labute approximate surface area is 133 Å². The topological polar surface area (TPSA) is 15.3 Å². The molecule has 1 N–H and O–H groups in total. The zero-order valence-electron chi connectivity index (χ0n) is 14.8. The van der Waals surface area contributed by atoms with Crippen molar-refractivity contribution in [2.75, 3.05) is 26.2 Å². The van der Waals surface area contributed by atoms with Crippen LogP contribution >= 0.6 is 0 Å². The Kier molecular flexibility index (Phi) is 7.01. The molecule has 1 aliphatic heterocycles. The van der Waals surface area contributed by atoms with E-state index in [0.717, 1.165) is 5.92 Å². The van der Waals surface area contributed by atoms with Crippen LogP contribution in [0.3, 0.4) is 0 Å². The van der Waals surface area contributed by atoms with Crippen LogP contribution in [0.4, 0.5) is 0 Å². The normalized spacial score (nSPS) is 27.1. The summed E-state index contributed by atoms with van der Waals surface area (Å²) < 4.78 is 0. The Bertz CT molecular complexity index is 279. The number of nitrogens with one attached hydrogen (secondary N) is 1. The molecule has 0 radical (unpaired) electrons. The Morgan fingerprint density at radius 1 is 1.14 bits per heavy atom. The van der Waals surface area contributed by atoms with Crippen LogP contribution in [-0.4, -0.2) is 37.1 Å². The zero-order chi connectivity index (χ0) is 15.1. The summed E-state index contributed by atoms with van der Waals surface area (Å²) in [6.45, 7) is 12.2. The van der Waals surface area contributed by atoms with Crippen molar-refractivity contribution >= 4 is 0 Å². The maximum absolute atomic E-state index is 3.77. The number of hydrogen-bond acceptors (Lipinski definition) is 2. The maximum atomic E-state index is 3.77. The van der Waals surface area contributed by atoms with Gasteiger partial charge in [-0.15, -0.1) is 0 Å². The highest BCUT2D eigenvalue weighted by Crippen LogP contribution is 2.37. The molecule has 2 rings (SSSR count). The van der Waals surface area contributed by atoms with Gasteiger partial charge in [0.25, 0.3) is 0 Å². The van der Waals surface area contributed by atoms with E-state index in [1.807, 2.05) is 0 Å². The molecular formula is C19H38N2. The van der Waals surface area contributed by atoms with Gasteiger partial charge in [-0.3, -0.25) is 0 Å². The summed E-state index contributed by atoms with van der Waals surface area (Å²) in [4.78, 5) is 2.80. The standard InChI is InChI=1S/C19H38N2/c1-4-9-18-10-13-21(14-18)16-19(15-20-17(2)3)11-7-5-6-8-12-19/h17-18,20H,4-16H2,1-3H3. The van der Waals surface area contributed by atoms with Crippen molar-refractivity contribution in [3.63, 3.8) is 0 Å². The average molecular weight is 295 g/mol. The van der Waals surface area contributed by atoms with Gasteiger partial charge in [0.1, 0.15) is 0 Å². The fourth-order valence-electron chi connectivity index (χ4n) is 4.46. The monoisotopic (exact) mass is 294 g/mol. The molecule has 21 heavy (non-hydrogen) atoms. The second-order valence-electron chi connectivity index (χ2n) is 8.13. The smallest absolute Gasteiger partial charge is 0.00503 e. The predicted molar refractivity (Wildman–Crippen MR) is 92.7 cm³/mol. The van der Waals surface area contributed by atoms with Gasteiger partial charge in [0.05, 0.1) is 0 Å². The largest absolute Gasteiger partial charge is 0.314 e. The minimum atomic E-state index is 0.557. The van der Waals surface area contributed by atoms with E-state index >= 15 is 0 Å². The third-order valence-electron chi connectivity index (χ3n) is 5.68. The number of nitrogens with zero attached hydrogens (tertiary/aromatic N) is 1. The molecule has 2 aliphatic rings. The van der Waals surface area contributed by atoms with Gasteiger partial charge in [-0.1, -0.05) is 52.9 Å². The number of hydrogen-bond donors (Lipinski definition) is 1. The lowest BCUT2D eigenvalue weighted by atomic mass is 9.79. The van der Waals surface area contributed by atoms with Crippen LogP contribution in [0, 0.1) is 11.3 Å². The van der Waals surface area contributed by atoms with Gasteiger partial charge in [-0.2, -0.15) is 0 Å². The lowest BCUT2D eigenvalue weighted by molar-refractivity contribution is 0.139. The molecule has 1 unspecified atom stereocenters. The van der Waals surface area contributed by atoms with Crippen LogP contribution in [0.15, 0.2) is 0 Å². The summed E-state index contributed by atoms with van der Waals surface area (Å²) in [6.07, 6.45) is 13.0. The van der Waals surface area contributed by atoms with E-state index in [9.17, 15) is 0 Å². The van der Waals surface area contributed by atoms with Gasteiger partial charge in [-0.25, -0.2) is 0 Å². The fraction of sp³-hybridized carbons (Fsp3) is 1.00. The summed E-state index contributed by atoms with van der Waals surface area (Å²) in [5.74, 6) is 0.982. The highest BCUT2D eigenvalue weighted by Gasteiger charge is 2.35. The third-order valence-corrected chi connectivity index (χ3v) is 5.68. The van der Waals surface area contributed by atoms with Gasteiger partial charge in [-0.05, 0) is 43.6 Å². The molecule has 0 aromatic carbocycles. The van der Waals surface area contributed by atoms with Gasteiger partial charge < -0.3 is 10.2 Å². The van der Waals surface area contributed by atoms with Crippen molar-refractivity contribution in [1.82, 2.24) is 10.2 Å². The van der Waals surface area contributed by atoms with Crippen molar-refractivity contribution in [2.24, 2.45) is 11.3 Å². The van der Waals surface area contributed by atoms with Crippen LogP contribution in [0.2, 0.25) is 0 Å². The molecule has 1 heterocycles. The molecule has 0 amide bonds. The third kappa shape index (κ3) is 5.56. The lowest BCUT2D eigenvalue weighted by Gasteiger charge is -2.37. The molecule has 1 saturated carbocycles. The Hall–Kier alpha value is -0.0800. The molecular weight excluding hydrogens is 256 g/mol. The van der Waals surface area contributed by atoms with Gasteiger partial charge in [0.2, 0.25) is 0 Å². The van der Waals surface area contributed by atoms with Gasteiger partial charge >= 0.3 is 0 Å². The summed E-state index contributed by atoms with van der Waals surface area (Å²) in [5.41, 5.74) is 0.557. The quantitative estimate of drug-likeness (QED) is 0.698.